The van der Waals surface area contributed by atoms with Crippen LogP contribution in [0.2, 0.25) is 0 Å². The second kappa shape index (κ2) is 9.98. The number of carbonyl (C=O) groups excluding carboxylic acids is 3. The van der Waals surface area contributed by atoms with E-state index in [1.807, 2.05) is 39.5 Å². The van der Waals surface area contributed by atoms with Crippen molar-refractivity contribution in [3.8, 4) is 0 Å². The SMILES string of the molecule is CC(=O)NC(C(=O)Nc1ccc(N2CCN(C(=O)OC(C)(C)C)CC2)c(F)c1)C(C)C. The highest BCUT2D eigenvalue weighted by atomic mass is 19.1. The van der Waals surface area contributed by atoms with Gasteiger partial charge in [-0.2, -0.15) is 0 Å². The van der Waals surface area contributed by atoms with Crippen LogP contribution >= 0.6 is 0 Å². The minimum Gasteiger partial charge on any atom is -0.444 e. The van der Waals surface area contributed by atoms with Crippen LogP contribution in [0.5, 0.6) is 0 Å². The molecule has 172 valence electrons. The maximum Gasteiger partial charge on any atom is 0.410 e. The van der Waals surface area contributed by atoms with Gasteiger partial charge in [0.25, 0.3) is 0 Å². The van der Waals surface area contributed by atoms with E-state index in [4.69, 9.17) is 4.74 Å². The average molecular weight is 437 g/mol. The van der Waals surface area contributed by atoms with Gasteiger partial charge in [0.2, 0.25) is 11.8 Å². The van der Waals surface area contributed by atoms with Crippen molar-refractivity contribution in [2.45, 2.75) is 53.2 Å². The number of halogens is 1. The van der Waals surface area contributed by atoms with Crippen LogP contribution in [-0.2, 0) is 14.3 Å². The van der Waals surface area contributed by atoms with E-state index in [9.17, 15) is 18.8 Å². The molecule has 1 fully saturated rings. The van der Waals surface area contributed by atoms with Crippen molar-refractivity contribution in [1.29, 1.82) is 0 Å². The molecule has 2 N–H and O–H groups in total. The molecule has 1 unspecified atom stereocenters. The molecule has 1 aromatic rings. The summed E-state index contributed by atoms with van der Waals surface area (Å²) >= 11 is 0. The van der Waals surface area contributed by atoms with Crippen molar-refractivity contribution >= 4 is 29.3 Å². The zero-order valence-electron chi connectivity index (χ0n) is 19.1. The number of rotatable bonds is 5. The predicted octanol–water partition coefficient (Wildman–Crippen LogP) is 2.98. The number of hydrogen-bond acceptors (Lipinski definition) is 5. The van der Waals surface area contributed by atoms with Crippen LogP contribution in [0.1, 0.15) is 41.5 Å². The molecular weight excluding hydrogens is 403 g/mol. The number of ether oxygens (including phenoxy) is 1. The van der Waals surface area contributed by atoms with Crippen LogP contribution in [0.15, 0.2) is 18.2 Å². The summed E-state index contributed by atoms with van der Waals surface area (Å²) in [5, 5.41) is 5.27. The van der Waals surface area contributed by atoms with Gasteiger partial charge in [0.1, 0.15) is 17.5 Å². The lowest BCUT2D eigenvalue weighted by atomic mass is 10.0. The minimum absolute atomic E-state index is 0.116. The van der Waals surface area contributed by atoms with Crippen molar-refractivity contribution < 1.29 is 23.5 Å². The van der Waals surface area contributed by atoms with Crippen molar-refractivity contribution in [1.82, 2.24) is 10.2 Å². The first-order valence-electron chi connectivity index (χ1n) is 10.5. The average Bonchev–Trinajstić information content (AvgIpc) is 2.64. The lowest BCUT2D eigenvalue weighted by molar-refractivity contribution is -0.126. The van der Waals surface area contributed by atoms with E-state index in [0.29, 0.717) is 37.6 Å². The van der Waals surface area contributed by atoms with Gasteiger partial charge in [0.05, 0.1) is 5.69 Å². The normalized spacial score (nSPS) is 15.5. The molecule has 3 amide bonds. The Bertz CT molecular complexity index is 814. The van der Waals surface area contributed by atoms with Crippen LogP contribution in [0, 0.1) is 11.7 Å². The summed E-state index contributed by atoms with van der Waals surface area (Å²) < 4.78 is 20.1. The first-order valence-corrected chi connectivity index (χ1v) is 10.5. The molecule has 0 saturated carbocycles. The Kier molecular flexibility index (Phi) is 7.86. The third-order valence-corrected chi connectivity index (χ3v) is 4.80. The van der Waals surface area contributed by atoms with E-state index in [2.05, 4.69) is 10.6 Å². The zero-order valence-corrected chi connectivity index (χ0v) is 19.1. The Hall–Kier alpha value is -2.84. The third-order valence-electron chi connectivity index (χ3n) is 4.80. The largest absolute Gasteiger partial charge is 0.444 e. The highest BCUT2D eigenvalue weighted by Crippen LogP contribution is 2.25. The fourth-order valence-electron chi connectivity index (χ4n) is 3.27. The summed E-state index contributed by atoms with van der Waals surface area (Å²) in [6.07, 6.45) is -0.371. The Morgan fingerprint density at radius 1 is 1.10 bits per heavy atom. The quantitative estimate of drug-likeness (QED) is 0.741. The van der Waals surface area contributed by atoms with E-state index in [0.717, 1.165) is 0 Å². The number of nitrogens with one attached hydrogen (secondary N) is 2. The van der Waals surface area contributed by atoms with E-state index < -0.39 is 23.4 Å². The van der Waals surface area contributed by atoms with Gasteiger partial charge in [-0.15, -0.1) is 0 Å². The first kappa shape index (κ1) is 24.4. The second-order valence-electron chi connectivity index (χ2n) is 9.03. The van der Waals surface area contributed by atoms with Crippen molar-refractivity contribution in [3.63, 3.8) is 0 Å². The fourth-order valence-corrected chi connectivity index (χ4v) is 3.27. The molecular formula is C22H33FN4O4. The third kappa shape index (κ3) is 7.11. The summed E-state index contributed by atoms with van der Waals surface area (Å²) in [6.45, 7) is 12.2. The Balaban J connectivity index is 1.99. The molecule has 1 heterocycles. The van der Waals surface area contributed by atoms with Gasteiger partial charge < -0.3 is 25.2 Å². The van der Waals surface area contributed by atoms with Crippen molar-refractivity contribution in [2.24, 2.45) is 5.92 Å². The summed E-state index contributed by atoms with van der Waals surface area (Å²) in [5.74, 6) is -1.29. The predicted molar refractivity (Wildman–Crippen MR) is 117 cm³/mol. The van der Waals surface area contributed by atoms with E-state index in [-0.39, 0.29) is 17.9 Å². The Labute approximate surface area is 183 Å². The highest BCUT2D eigenvalue weighted by Gasteiger charge is 2.27. The minimum atomic E-state index is -0.707. The van der Waals surface area contributed by atoms with Crippen LogP contribution in [0.25, 0.3) is 0 Å². The van der Waals surface area contributed by atoms with Gasteiger partial charge >= 0.3 is 6.09 Å². The smallest absolute Gasteiger partial charge is 0.410 e. The summed E-state index contributed by atoms with van der Waals surface area (Å²) in [7, 11) is 0. The number of benzene rings is 1. The maximum atomic E-state index is 14.8. The molecule has 1 saturated heterocycles. The molecule has 0 spiro atoms. The first-order chi connectivity index (χ1) is 14.4. The highest BCUT2D eigenvalue weighted by molar-refractivity contribution is 5.97. The molecule has 1 aliphatic heterocycles. The molecule has 31 heavy (non-hydrogen) atoms. The van der Waals surface area contributed by atoms with Crippen molar-refractivity contribution in [2.75, 3.05) is 36.4 Å². The number of piperazine rings is 1. The lowest BCUT2D eigenvalue weighted by Gasteiger charge is -2.36. The van der Waals surface area contributed by atoms with Crippen LogP contribution in [0.3, 0.4) is 0 Å². The van der Waals surface area contributed by atoms with Gasteiger partial charge in [-0.25, -0.2) is 9.18 Å². The molecule has 1 atom stereocenters. The number of hydrogen-bond donors (Lipinski definition) is 2. The number of carbonyl (C=O) groups is 3. The van der Waals surface area contributed by atoms with E-state index >= 15 is 0 Å². The standard InChI is InChI=1S/C22H33FN4O4/c1-14(2)19(24-15(3)28)20(29)25-16-7-8-18(17(23)13-16)26-9-11-27(12-10-26)21(30)31-22(4,5)6/h7-8,13-14,19H,9-12H2,1-6H3,(H,24,28)(H,25,29). The second-order valence-corrected chi connectivity index (χ2v) is 9.03. The zero-order chi connectivity index (χ0) is 23.3. The molecule has 0 radical (unpaired) electrons. The van der Waals surface area contributed by atoms with Gasteiger partial charge in [0, 0.05) is 38.8 Å². The topological polar surface area (TPSA) is 91.0 Å². The molecule has 2 rings (SSSR count). The Morgan fingerprint density at radius 3 is 2.19 bits per heavy atom. The molecule has 0 aromatic heterocycles. The summed E-state index contributed by atoms with van der Waals surface area (Å²) in [4.78, 5) is 39.5. The monoisotopic (exact) mass is 436 g/mol. The van der Waals surface area contributed by atoms with Gasteiger partial charge in [-0.05, 0) is 44.9 Å². The van der Waals surface area contributed by atoms with Crippen LogP contribution in [-0.4, -0.2) is 60.6 Å². The van der Waals surface area contributed by atoms with E-state index in [1.54, 1.807) is 17.0 Å². The molecule has 1 aromatic carbocycles. The maximum absolute atomic E-state index is 14.8. The van der Waals surface area contributed by atoms with Gasteiger partial charge in [-0.3, -0.25) is 9.59 Å². The lowest BCUT2D eigenvalue weighted by Crippen LogP contribution is -2.50. The van der Waals surface area contributed by atoms with Crippen LogP contribution < -0.4 is 15.5 Å². The molecule has 1 aliphatic rings. The molecule has 8 nitrogen and oxygen atoms in total. The summed E-state index contributed by atoms with van der Waals surface area (Å²) in [5.41, 5.74) is 0.161. The van der Waals surface area contributed by atoms with Gasteiger partial charge in [-0.1, -0.05) is 13.8 Å². The van der Waals surface area contributed by atoms with Crippen molar-refractivity contribution in [3.05, 3.63) is 24.0 Å². The molecule has 9 heteroatoms. The Morgan fingerprint density at radius 2 is 1.71 bits per heavy atom. The molecule has 0 bridgehead atoms. The number of amides is 3. The van der Waals surface area contributed by atoms with Crippen LogP contribution in [0.4, 0.5) is 20.6 Å². The summed E-state index contributed by atoms with van der Waals surface area (Å²) in [6, 6.07) is 3.79. The van der Waals surface area contributed by atoms with Gasteiger partial charge in [0.15, 0.2) is 0 Å². The van der Waals surface area contributed by atoms with E-state index in [1.165, 1.54) is 13.0 Å². The molecule has 0 aliphatic carbocycles. The number of nitrogens with zero attached hydrogens (tertiary/aromatic N) is 2. The fraction of sp³-hybridized carbons (Fsp3) is 0.591. The number of anilines is 2.